The van der Waals surface area contributed by atoms with Gasteiger partial charge in [0.1, 0.15) is 19.0 Å². The van der Waals surface area contributed by atoms with Crippen molar-refractivity contribution in [2.24, 2.45) is 5.41 Å². The number of likely N-dealkylation sites (tertiary alicyclic amines) is 2. The average molecular weight is 454 g/mol. The van der Waals surface area contributed by atoms with Crippen molar-refractivity contribution in [1.29, 1.82) is 0 Å². The Balaban J connectivity index is 1.20. The summed E-state index contributed by atoms with van der Waals surface area (Å²) in [5, 5.41) is 22.0. The molecule has 1 atom stereocenters. The smallest absolute Gasteiger partial charge is 0.336 e. The van der Waals surface area contributed by atoms with Crippen LogP contribution >= 0.6 is 0 Å². The second-order valence-electron chi connectivity index (χ2n) is 9.05. The summed E-state index contributed by atoms with van der Waals surface area (Å²) in [5.74, 6) is -0.233. The maximum absolute atomic E-state index is 13.3. The lowest BCUT2D eigenvalue weighted by Crippen LogP contribution is -2.45. The molecule has 11 nitrogen and oxygen atoms in total. The minimum atomic E-state index is -0.731. The van der Waals surface area contributed by atoms with Gasteiger partial charge in [-0.05, 0) is 68.8 Å². The van der Waals surface area contributed by atoms with Gasteiger partial charge in [0, 0.05) is 13.1 Å². The molecule has 1 N–H and O–H groups in total. The lowest BCUT2D eigenvalue weighted by molar-refractivity contribution is -0.138. The van der Waals surface area contributed by atoms with Gasteiger partial charge in [0.2, 0.25) is 5.91 Å². The first-order valence-electron chi connectivity index (χ1n) is 11.2. The lowest BCUT2D eigenvalue weighted by Gasteiger charge is -2.38. The van der Waals surface area contributed by atoms with Crippen molar-refractivity contribution in [3.63, 3.8) is 0 Å². The molecule has 0 aliphatic carbocycles. The first kappa shape index (κ1) is 21.7. The highest BCUT2D eigenvalue weighted by molar-refractivity contribution is 5.94. The number of piperidine rings is 1. The van der Waals surface area contributed by atoms with Crippen molar-refractivity contribution in [2.45, 2.75) is 39.2 Å². The van der Waals surface area contributed by atoms with Crippen LogP contribution in [0.4, 0.5) is 0 Å². The summed E-state index contributed by atoms with van der Waals surface area (Å²) in [5.41, 5.74) is 2.96. The lowest BCUT2D eigenvalue weighted by atomic mass is 9.77. The first-order chi connectivity index (χ1) is 15.9. The number of aryl methyl sites for hydroxylation is 1. The molecule has 2 aromatic rings. The Morgan fingerprint density at radius 2 is 1.91 bits per heavy atom. The number of cyclic esters (lactones) is 1. The second kappa shape index (κ2) is 8.31. The number of ether oxygens (including phenoxy) is 1. The summed E-state index contributed by atoms with van der Waals surface area (Å²) in [6.45, 7) is 6.30. The molecule has 11 heteroatoms. The minimum Gasteiger partial charge on any atom is -0.456 e. The number of pyridine rings is 1. The van der Waals surface area contributed by atoms with Gasteiger partial charge < -0.3 is 19.6 Å². The number of tetrazole rings is 1. The number of carbonyl (C=O) groups excluding carboxylic acids is 2. The van der Waals surface area contributed by atoms with Crippen molar-refractivity contribution in [3.05, 3.63) is 41.1 Å². The van der Waals surface area contributed by atoms with E-state index in [1.54, 1.807) is 17.9 Å². The summed E-state index contributed by atoms with van der Waals surface area (Å²) in [7, 11) is 0. The molecular weight excluding hydrogens is 426 g/mol. The minimum absolute atomic E-state index is 0.103. The third-order valence-corrected chi connectivity index (χ3v) is 7.18. The van der Waals surface area contributed by atoms with Crippen LogP contribution in [0, 0.1) is 12.3 Å². The molecule has 5 heterocycles. The highest BCUT2D eigenvalue weighted by atomic mass is 16.5. The number of nitrogens with zero attached hydrogens (tertiary/aromatic N) is 7. The number of hydrogen-bond donors (Lipinski definition) is 1. The van der Waals surface area contributed by atoms with E-state index < -0.39 is 6.10 Å². The fourth-order valence-electron chi connectivity index (χ4n) is 5.06. The normalized spacial score (nSPS) is 21.8. The van der Waals surface area contributed by atoms with Gasteiger partial charge in [-0.1, -0.05) is 0 Å². The number of carbonyl (C=O) groups is 2. The Morgan fingerprint density at radius 3 is 2.55 bits per heavy atom. The Bertz CT molecular complexity index is 1110. The van der Waals surface area contributed by atoms with Crippen LogP contribution in [0.1, 0.15) is 43.7 Å². The molecule has 2 saturated heterocycles. The van der Waals surface area contributed by atoms with Gasteiger partial charge >= 0.3 is 5.97 Å². The largest absolute Gasteiger partial charge is 0.456 e. The van der Waals surface area contributed by atoms with E-state index >= 15 is 0 Å². The van der Waals surface area contributed by atoms with Gasteiger partial charge in [0.05, 0.1) is 33.8 Å². The van der Waals surface area contributed by atoms with Crippen LogP contribution in [-0.4, -0.2) is 84.8 Å². The van der Waals surface area contributed by atoms with Crippen LogP contribution in [0.25, 0.3) is 5.69 Å². The van der Waals surface area contributed by atoms with Crippen molar-refractivity contribution >= 4 is 11.9 Å². The van der Waals surface area contributed by atoms with E-state index in [1.165, 1.54) is 11.0 Å². The molecule has 0 bridgehead atoms. The second-order valence-corrected chi connectivity index (χ2v) is 9.05. The van der Waals surface area contributed by atoms with Crippen molar-refractivity contribution in [2.75, 3.05) is 32.8 Å². The Labute approximate surface area is 191 Å². The molecule has 0 saturated carbocycles. The predicted octanol–water partition coefficient (Wildman–Crippen LogP) is 0.544. The quantitative estimate of drug-likeness (QED) is 0.646. The average Bonchev–Trinajstić information content (AvgIpc) is 3.53. The van der Waals surface area contributed by atoms with Crippen LogP contribution in [0.3, 0.4) is 0 Å². The molecule has 174 valence electrons. The molecule has 0 aromatic carbocycles. The molecule has 1 spiro atoms. The zero-order chi connectivity index (χ0) is 23.2. The highest BCUT2D eigenvalue weighted by Crippen LogP contribution is 2.43. The van der Waals surface area contributed by atoms with E-state index in [0.29, 0.717) is 30.1 Å². The Hall–Kier alpha value is -3.18. The van der Waals surface area contributed by atoms with Crippen molar-refractivity contribution < 1.29 is 19.4 Å². The van der Waals surface area contributed by atoms with Gasteiger partial charge in [-0.2, -0.15) is 4.68 Å². The molecule has 5 rings (SSSR count). The summed E-state index contributed by atoms with van der Waals surface area (Å²) >= 11 is 0. The van der Waals surface area contributed by atoms with Gasteiger partial charge in [0.25, 0.3) is 0 Å². The molecular formula is C22H27N7O4. The van der Waals surface area contributed by atoms with Crippen molar-refractivity contribution in [1.82, 2.24) is 35.0 Å². The van der Waals surface area contributed by atoms with Crippen LogP contribution in [0.5, 0.6) is 0 Å². The number of hydrogen-bond acceptors (Lipinski definition) is 9. The van der Waals surface area contributed by atoms with E-state index in [4.69, 9.17) is 4.74 Å². The topological polar surface area (TPSA) is 127 Å². The highest BCUT2D eigenvalue weighted by Gasteiger charge is 2.50. The Morgan fingerprint density at radius 1 is 1.15 bits per heavy atom. The van der Waals surface area contributed by atoms with Gasteiger partial charge in [0.15, 0.2) is 0 Å². The molecule has 3 aliphatic rings. The van der Waals surface area contributed by atoms with E-state index in [2.05, 4.69) is 25.4 Å². The monoisotopic (exact) mass is 453 g/mol. The van der Waals surface area contributed by atoms with E-state index in [0.717, 1.165) is 43.7 Å². The number of aromatic nitrogens is 5. The predicted molar refractivity (Wildman–Crippen MR) is 115 cm³/mol. The summed E-state index contributed by atoms with van der Waals surface area (Å²) in [6, 6.07) is 3.64. The summed E-state index contributed by atoms with van der Waals surface area (Å²) < 4.78 is 6.63. The Kier molecular flexibility index (Phi) is 5.45. The molecule has 0 radical (unpaired) electrons. The van der Waals surface area contributed by atoms with Crippen LogP contribution < -0.4 is 0 Å². The van der Waals surface area contributed by atoms with Crippen molar-refractivity contribution in [3.8, 4) is 5.69 Å². The molecule has 0 unspecified atom stereocenters. The number of esters is 1. The number of rotatable bonds is 5. The number of amides is 1. The van der Waals surface area contributed by atoms with Crippen LogP contribution in [0.2, 0.25) is 0 Å². The number of aliphatic hydroxyl groups is 1. The first-order valence-corrected chi connectivity index (χ1v) is 11.2. The zero-order valence-corrected chi connectivity index (χ0v) is 18.8. The SMILES string of the molecule is CC1=C(N2CCC3(CCN(C[C@@H](O)c4ccc(-n5cnnn5)c(C)n4)CC3)C2=O)COC1=O. The van der Waals surface area contributed by atoms with E-state index in [-0.39, 0.29) is 23.9 Å². The van der Waals surface area contributed by atoms with Gasteiger partial charge in [-0.25, -0.2) is 4.79 Å². The van der Waals surface area contributed by atoms with Gasteiger partial charge in [-0.15, -0.1) is 5.10 Å². The molecule has 2 fully saturated rings. The molecule has 2 aromatic heterocycles. The molecule has 3 aliphatic heterocycles. The summed E-state index contributed by atoms with van der Waals surface area (Å²) in [4.78, 5) is 33.5. The van der Waals surface area contributed by atoms with E-state index in [9.17, 15) is 14.7 Å². The standard InChI is InChI=1S/C22H27N7O4/c1-14-18(12-33-20(14)31)28-10-7-22(21(28)32)5-8-27(9-6-22)11-19(30)16-3-4-17(15(2)24-16)29-13-23-25-26-29/h3-4,13,19,30H,5-12H2,1-2H3/t19-/m1/s1. The molecule has 33 heavy (non-hydrogen) atoms. The summed E-state index contributed by atoms with van der Waals surface area (Å²) in [6.07, 6.45) is 3.03. The van der Waals surface area contributed by atoms with Crippen LogP contribution in [-0.2, 0) is 14.3 Å². The zero-order valence-electron chi connectivity index (χ0n) is 18.8. The number of aliphatic hydroxyl groups excluding tert-OH is 1. The maximum atomic E-state index is 13.3. The van der Waals surface area contributed by atoms with Crippen LogP contribution in [0.15, 0.2) is 29.7 Å². The fourth-order valence-corrected chi connectivity index (χ4v) is 5.06. The number of β-amino-alcohol motifs (C(OH)–C–C–N with tert-alkyl or cyclic N) is 1. The maximum Gasteiger partial charge on any atom is 0.336 e. The van der Waals surface area contributed by atoms with Gasteiger partial charge in [-0.3, -0.25) is 9.78 Å². The third kappa shape index (κ3) is 3.80. The fraction of sp³-hybridized carbons (Fsp3) is 0.545. The molecule has 1 amide bonds. The van der Waals surface area contributed by atoms with E-state index in [1.807, 2.05) is 13.0 Å². The third-order valence-electron chi connectivity index (χ3n) is 7.18.